The first-order valence-corrected chi connectivity index (χ1v) is 17.5. The average molecular weight is 697 g/mol. The Labute approximate surface area is 287 Å². The second-order valence-electron chi connectivity index (χ2n) is 11.4. The Morgan fingerprint density at radius 1 is 0.872 bits per heavy atom. The van der Waals surface area contributed by atoms with Crippen molar-refractivity contribution >= 4 is 50.7 Å². The number of nitrogens with one attached hydrogen (secondary N) is 1. The third kappa shape index (κ3) is 9.73. The molecule has 4 rings (SSSR count). The van der Waals surface area contributed by atoms with Crippen molar-refractivity contribution in [3.05, 3.63) is 124 Å². The summed E-state index contributed by atoms with van der Waals surface area (Å²) < 4.78 is 34.9. The molecule has 0 fully saturated rings. The molecule has 0 unspecified atom stereocenters. The van der Waals surface area contributed by atoms with Crippen molar-refractivity contribution in [3.63, 3.8) is 0 Å². The van der Waals surface area contributed by atoms with Crippen molar-refractivity contribution < 1.29 is 22.7 Å². The number of carbonyl (C=O) groups excluding carboxylic acids is 2. The summed E-state index contributed by atoms with van der Waals surface area (Å²) in [5.41, 5.74) is 1.65. The van der Waals surface area contributed by atoms with E-state index in [1.54, 1.807) is 60.7 Å². The van der Waals surface area contributed by atoms with Crippen LogP contribution in [0.2, 0.25) is 10.0 Å². The highest BCUT2D eigenvalue weighted by Gasteiger charge is 2.35. The number of nitrogens with zero attached hydrogens (tertiary/aromatic N) is 2. The summed E-state index contributed by atoms with van der Waals surface area (Å²) >= 11 is 12.8. The molecule has 4 aromatic carbocycles. The fourth-order valence-corrected chi connectivity index (χ4v) is 6.84. The van der Waals surface area contributed by atoms with Crippen molar-refractivity contribution in [1.29, 1.82) is 0 Å². The molecule has 11 heteroatoms. The first kappa shape index (κ1) is 35.8. The number of halogens is 2. The molecule has 0 spiro atoms. The molecular weight excluding hydrogens is 657 g/mol. The molecular formula is C36H39Cl2N3O5S. The Kier molecular flexibility index (Phi) is 12.7. The number of carbonyl (C=O) groups is 2. The lowest BCUT2D eigenvalue weighted by Crippen LogP contribution is -2.53. The van der Waals surface area contributed by atoms with E-state index in [1.165, 1.54) is 17.0 Å². The molecule has 2 amide bonds. The number of ether oxygens (including phenoxy) is 1. The van der Waals surface area contributed by atoms with Gasteiger partial charge in [0.05, 0.1) is 17.2 Å². The van der Waals surface area contributed by atoms with Crippen LogP contribution >= 0.6 is 23.2 Å². The maximum Gasteiger partial charge on any atom is 0.264 e. The largest absolute Gasteiger partial charge is 0.494 e. The van der Waals surface area contributed by atoms with Gasteiger partial charge in [0.2, 0.25) is 11.8 Å². The van der Waals surface area contributed by atoms with Gasteiger partial charge in [0, 0.05) is 29.6 Å². The van der Waals surface area contributed by atoms with Crippen molar-refractivity contribution in [2.45, 2.75) is 44.7 Å². The Bertz CT molecular complexity index is 1740. The fourth-order valence-electron chi connectivity index (χ4n) is 4.93. The summed E-state index contributed by atoms with van der Waals surface area (Å²) in [7, 11) is -4.22. The lowest BCUT2D eigenvalue weighted by atomic mass is 10.0. The van der Waals surface area contributed by atoms with Gasteiger partial charge in [-0.3, -0.25) is 13.9 Å². The van der Waals surface area contributed by atoms with Crippen molar-refractivity contribution in [3.8, 4) is 5.75 Å². The smallest absolute Gasteiger partial charge is 0.264 e. The van der Waals surface area contributed by atoms with Crippen LogP contribution in [-0.2, 0) is 32.6 Å². The molecule has 0 aromatic heterocycles. The monoisotopic (exact) mass is 695 g/mol. The van der Waals surface area contributed by atoms with Gasteiger partial charge in [0.25, 0.3) is 10.0 Å². The molecule has 1 N–H and O–H groups in total. The van der Waals surface area contributed by atoms with E-state index < -0.39 is 28.5 Å². The topological polar surface area (TPSA) is 96.0 Å². The highest BCUT2D eigenvalue weighted by atomic mass is 35.5. The third-order valence-corrected chi connectivity index (χ3v) is 9.73. The minimum Gasteiger partial charge on any atom is -0.494 e. The summed E-state index contributed by atoms with van der Waals surface area (Å²) in [6, 6.07) is 27.7. The third-order valence-electron chi connectivity index (χ3n) is 7.36. The zero-order valence-electron chi connectivity index (χ0n) is 26.6. The zero-order valence-corrected chi connectivity index (χ0v) is 28.9. The number of hydrogen-bond donors (Lipinski definition) is 1. The van der Waals surface area contributed by atoms with Crippen LogP contribution < -0.4 is 14.4 Å². The maximum atomic E-state index is 14.6. The first-order chi connectivity index (χ1) is 22.5. The van der Waals surface area contributed by atoms with E-state index >= 15 is 0 Å². The number of hydrogen-bond acceptors (Lipinski definition) is 5. The Morgan fingerprint density at radius 3 is 2.11 bits per heavy atom. The van der Waals surface area contributed by atoms with Crippen molar-refractivity contribution in [2.75, 3.05) is 24.0 Å². The molecule has 0 aliphatic rings. The van der Waals surface area contributed by atoms with Gasteiger partial charge < -0.3 is 15.0 Å². The zero-order chi connectivity index (χ0) is 34.0. The standard InChI is InChI=1S/C36H39Cl2N3O5S/c1-4-46-31-19-17-30(18-20-31)41(47(44,45)32-13-9-6-10-14-32)25-35(42)40(24-28-15-16-29(37)22-33(28)38)34(36(43)39-23-26(2)3)21-27-11-7-5-8-12-27/h5-20,22,26,34H,4,21,23-25H2,1-3H3,(H,39,43)/t34-/m0/s1. The maximum absolute atomic E-state index is 14.6. The summed E-state index contributed by atoms with van der Waals surface area (Å²) in [4.78, 5) is 29.9. The lowest BCUT2D eigenvalue weighted by Gasteiger charge is -2.34. The van der Waals surface area contributed by atoms with Crippen LogP contribution in [0.25, 0.3) is 0 Å². The van der Waals surface area contributed by atoms with Crippen LogP contribution in [-0.4, -0.2) is 50.9 Å². The van der Waals surface area contributed by atoms with Gasteiger partial charge in [0.15, 0.2) is 0 Å². The second kappa shape index (κ2) is 16.7. The van der Waals surface area contributed by atoms with Crippen LogP contribution in [0.5, 0.6) is 5.75 Å². The van der Waals surface area contributed by atoms with E-state index in [9.17, 15) is 18.0 Å². The molecule has 0 saturated heterocycles. The molecule has 0 saturated carbocycles. The SMILES string of the molecule is CCOc1ccc(N(CC(=O)N(Cc2ccc(Cl)cc2Cl)[C@@H](Cc2ccccc2)C(=O)NCC(C)C)S(=O)(=O)c2ccccc2)cc1. The number of amides is 2. The van der Waals surface area contributed by atoms with E-state index in [1.807, 2.05) is 51.1 Å². The highest BCUT2D eigenvalue weighted by molar-refractivity contribution is 7.92. The van der Waals surface area contributed by atoms with Crippen molar-refractivity contribution in [1.82, 2.24) is 10.2 Å². The summed E-state index contributed by atoms with van der Waals surface area (Å²) in [6.45, 7) is 5.99. The van der Waals surface area contributed by atoms with Crippen LogP contribution in [0.3, 0.4) is 0 Å². The predicted octanol–water partition coefficient (Wildman–Crippen LogP) is 7.00. The molecule has 4 aromatic rings. The van der Waals surface area contributed by atoms with Crippen LogP contribution in [0.1, 0.15) is 31.9 Å². The fraction of sp³-hybridized carbons (Fsp3) is 0.278. The van der Waals surface area contributed by atoms with Crippen LogP contribution in [0, 0.1) is 5.92 Å². The molecule has 0 aliphatic carbocycles. The first-order valence-electron chi connectivity index (χ1n) is 15.3. The van der Waals surface area contributed by atoms with Crippen LogP contribution in [0.4, 0.5) is 5.69 Å². The molecule has 248 valence electrons. The normalized spacial score (nSPS) is 12.0. The quantitative estimate of drug-likeness (QED) is 0.145. The van der Waals surface area contributed by atoms with Gasteiger partial charge in [-0.2, -0.15) is 0 Å². The molecule has 8 nitrogen and oxygen atoms in total. The Hall–Kier alpha value is -4.05. The van der Waals surface area contributed by atoms with Gasteiger partial charge in [0.1, 0.15) is 18.3 Å². The Balaban J connectivity index is 1.81. The van der Waals surface area contributed by atoms with Gasteiger partial charge in [-0.05, 0) is 72.5 Å². The molecule has 0 heterocycles. The lowest BCUT2D eigenvalue weighted by molar-refractivity contribution is -0.140. The summed E-state index contributed by atoms with van der Waals surface area (Å²) in [5, 5.41) is 3.71. The van der Waals surface area contributed by atoms with E-state index in [4.69, 9.17) is 27.9 Å². The van der Waals surface area contributed by atoms with E-state index in [0.29, 0.717) is 34.5 Å². The minimum absolute atomic E-state index is 0.0180. The minimum atomic E-state index is -4.22. The average Bonchev–Trinajstić information content (AvgIpc) is 3.06. The molecule has 0 aliphatic heterocycles. The summed E-state index contributed by atoms with van der Waals surface area (Å²) in [5.74, 6) is -0.231. The highest BCUT2D eigenvalue weighted by Crippen LogP contribution is 2.28. The van der Waals surface area contributed by atoms with Gasteiger partial charge >= 0.3 is 0 Å². The van der Waals surface area contributed by atoms with Gasteiger partial charge in [-0.1, -0.05) is 91.6 Å². The van der Waals surface area contributed by atoms with Gasteiger partial charge in [-0.15, -0.1) is 0 Å². The van der Waals surface area contributed by atoms with E-state index in [0.717, 1.165) is 9.87 Å². The molecule has 47 heavy (non-hydrogen) atoms. The van der Waals surface area contributed by atoms with E-state index in [2.05, 4.69) is 5.32 Å². The number of sulfonamides is 1. The Morgan fingerprint density at radius 2 is 1.51 bits per heavy atom. The molecule has 1 atom stereocenters. The van der Waals surface area contributed by atoms with Crippen molar-refractivity contribution in [2.24, 2.45) is 5.92 Å². The van der Waals surface area contributed by atoms with Gasteiger partial charge in [-0.25, -0.2) is 8.42 Å². The van der Waals surface area contributed by atoms with Crippen LogP contribution in [0.15, 0.2) is 108 Å². The number of rotatable bonds is 15. The predicted molar refractivity (Wildman–Crippen MR) is 187 cm³/mol. The summed E-state index contributed by atoms with van der Waals surface area (Å²) in [6.07, 6.45) is 0.191. The molecule has 0 bridgehead atoms. The second-order valence-corrected chi connectivity index (χ2v) is 14.1. The van der Waals surface area contributed by atoms with E-state index in [-0.39, 0.29) is 35.4 Å². The number of benzene rings is 4. The molecule has 0 radical (unpaired) electrons. The number of anilines is 1.